The number of amides is 2. The van der Waals surface area contributed by atoms with Gasteiger partial charge in [0.05, 0.1) is 56.0 Å². The van der Waals surface area contributed by atoms with Crippen molar-refractivity contribution >= 4 is 40.8 Å². The van der Waals surface area contributed by atoms with Crippen LogP contribution in [0.25, 0.3) is 0 Å². The van der Waals surface area contributed by atoms with Crippen LogP contribution in [0.2, 0.25) is 5.02 Å². The van der Waals surface area contributed by atoms with E-state index >= 15 is 4.39 Å². The van der Waals surface area contributed by atoms with Crippen molar-refractivity contribution in [3.63, 3.8) is 0 Å². The number of halogens is 2. The summed E-state index contributed by atoms with van der Waals surface area (Å²) >= 11 is 6.36. The highest BCUT2D eigenvalue weighted by atomic mass is 35.5. The van der Waals surface area contributed by atoms with E-state index in [0.717, 1.165) is 0 Å². The summed E-state index contributed by atoms with van der Waals surface area (Å²) in [6, 6.07) is 9.08. The molecule has 0 aliphatic carbocycles. The van der Waals surface area contributed by atoms with Crippen molar-refractivity contribution in [3.8, 4) is 11.6 Å². The molecule has 47 heavy (non-hydrogen) atoms. The Morgan fingerprint density at radius 2 is 1.85 bits per heavy atom. The van der Waals surface area contributed by atoms with Crippen LogP contribution in [-0.4, -0.2) is 79.6 Å². The highest BCUT2D eigenvalue weighted by Crippen LogP contribution is 2.63. The van der Waals surface area contributed by atoms with Gasteiger partial charge in [0.2, 0.25) is 17.7 Å². The molecule has 3 aliphatic rings. The van der Waals surface area contributed by atoms with Gasteiger partial charge in [-0.15, -0.1) is 0 Å². The number of aliphatic hydroxyl groups is 1. The number of aromatic nitrogens is 1. The highest BCUT2D eigenvalue weighted by molar-refractivity contribution is 6.30. The summed E-state index contributed by atoms with van der Waals surface area (Å²) in [6.07, 6.45) is 1.95. The van der Waals surface area contributed by atoms with Gasteiger partial charge in [-0.3, -0.25) is 24.3 Å². The molecule has 1 aromatic heterocycles. The lowest BCUT2D eigenvalue weighted by molar-refractivity contribution is -0.125. The number of esters is 1. The van der Waals surface area contributed by atoms with Crippen LogP contribution >= 0.6 is 11.6 Å². The number of rotatable bonds is 7. The molecule has 1 spiro atoms. The molecule has 2 saturated heterocycles. The van der Waals surface area contributed by atoms with E-state index in [2.05, 4.69) is 4.98 Å². The summed E-state index contributed by atoms with van der Waals surface area (Å²) in [4.78, 5) is 51.2. The molecule has 4 heterocycles. The number of carbonyl (C=O) groups excluding carboxylic acids is 3. The third-order valence-electron chi connectivity index (χ3n) is 9.47. The summed E-state index contributed by atoms with van der Waals surface area (Å²) in [5.41, 5.74) is -0.332. The fourth-order valence-electron chi connectivity index (χ4n) is 7.63. The maximum absolute atomic E-state index is 16.3. The quantitative estimate of drug-likeness (QED) is 0.364. The lowest BCUT2D eigenvalue weighted by Crippen LogP contribution is -2.54. The van der Waals surface area contributed by atoms with Gasteiger partial charge in [0.15, 0.2) is 0 Å². The zero-order valence-corrected chi connectivity index (χ0v) is 27.7. The Bertz CT molecular complexity index is 1780. The minimum absolute atomic E-state index is 0.0317. The predicted molar refractivity (Wildman–Crippen MR) is 171 cm³/mol. The second kappa shape index (κ2) is 11.8. The van der Waals surface area contributed by atoms with Crippen LogP contribution in [0, 0.1) is 11.2 Å². The summed E-state index contributed by atoms with van der Waals surface area (Å²) < 4.78 is 32.1. The Morgan fingerprint density at radius 3 is 2.49 bits per heavy atom. The van der Waals surface area contributed by atoms with Crippen LogP contribution < -0.4 is 19.3 Å². The number of hydrogen-bond acceptors (Lipinski definition) is 9. The number of benzene rings is 2. The molecule has 11 nitrogen and oxygen atoms in total. The molecular formula is C34H36ClFN4O7. The number of fused-ring (bicyclic) bond motifs is 3. The molecule has 2 amide bonds. The van der Waals surface area contributed by atoms with Crippen molar-refractivity contribution in [1.29, 1.82) is 0 Å². The molecule has 0 unspecified atom stereocenters. The van der Waals surface area contributed by atoms with Crippen LogP contribution in [-0.2, 0) is 19.7 Å². The standard InChI is InChI=1S/C34H36ClFN4O7/c1-33(2,3)14-25-34(20-15-37-26(46-5)13-23(20)40(17-41)32(34)44)27(19-8-7-9-21(35)28(19)36)29-30(42)38(16-39(25)29)22-11-10-18(31(43)47-6)12-24(22)45-4/h7-13,15,25,27,29,41H,14,16-17H2,1-6H3/t25-,27-,29+,34+/m0/s1. The average molecular weight is 667 g/mol. The minimum atomic E-state index is -1.54. The first-order valence-electron chi connectivity index (χ1n) is 15.1. The number of anilines is 2. The Balaban J connectivity index is 1.61. The van der Waals surface area contributed by atoms with Crippen LogP contribution in [0.5, 0.6) is 11.6 Å². The van der Waals surface area contributed by atoms with Crippen LogP contribution in [0.1, 0.15) is 54.6 Å². The Labute approximate surface area is 276 Å². The summed E-state index contributed by atoms with van der Waals surface area (Å²) in [7, 11) is 4.15. The van der Waals surface area contributed by atoms with Gasteiger partial charge >= 0.3 is 5.97 Å². The smallest absolute Gasteiger partial charge is 0.337 e. The molecule has 6 rings (SSSR count). The van der Waals surface area contributed by atoms with Crippen molar-refractivity contribution in [2.24, 2.45) is 5.41 Å². The van der Waals surface area contributed by atoms with Crippen molar-refractivity contribution in [2.75, 3.05) is 44.5 Å². The highest BCUT2D eigenvalue weighted by Gasteiger charge is 2.73. The van der Waals surface area contributed by atoms with E-state index in [1.807, 2.05) is 25.7 Å². The lowest BCUT2D eigenvalue weighted by atomic mass is 9.62. The normalized spacial score (nSPS) is 23.8. The number of carbonyl (C=O) groups is 3. The first kappa shape index (κ1) is 32.7. The SMILES string of the molecule is COC(=O)c1ccc(N2CN3[C@@H](CC(C)(C)C)[C@@]4(C(=O)N(CO)c5cc(OC)ncc54)[C@@H](c4cccc(Cl)c4F)[C@@H]3C2=O)c(OC)c1. The maximum Gasteiger partial charge on any atom is 0.337 e. The molecular weight excluding hydrogens is 631 g/mol. The topological polar surface area (TPSA) is 122 Å². The van der Waals surface area contributed by atoms with Gasteiger partial charge in [-0.2, -0.15) is 0 Å². The van der Waals surface area contributed by atoms with Crippen molar-refractivity contribution < 1.29 is 38.1 Å². The van der Waals surface area contributed by atoms with E-state index in [4.69, 9.17) is 25.8 Å². The monoisotopic (exact) mass is 666 g/mol. The number of hydrogen-bond donors (Lipinski definition) is 1. The van der Waals surface area contributed by atoms with Gasteiger partial charge in [-0.05, 0) is 41.7 Å². The van der Waals surface area contributed by atoms with E-state index in [-0.39, 0.29) is 39.9 Å². The third-order valence-corrected chi connectivity index (χ3v) is 9.76. The molecule has 0 bridgehead atoms. The van der Waals surface area contributed by atoms with E-state index in [9.17, 15) is 19.5 Å². The fraction of sp³-hybridized carbons (Fsp3) is 0.412. The third kappa shape index (κ3) is 4.84. The largest absolute Gasteiger partial charge is 0.495 e. The second-order valence-corrected chi connectivity index (χ2v) is 13.5. The second-order valence-electron chi connectivity index (χ2n) is 13.1. The average Bonchev–Trinajstić information content (AvgIpc) is 3.61. The maximum atomic E-state index is 16.3. The first-order valence-corrected chi connectivity index (χ1v) is 15.5. The Kier molecular flexibility index (Phi) is 8.18. The van der Waals surface area contributed by atoms with Crippen LogP contribution in [0.3, 0.4) is 0 Å². The van der Waals surface area contributed by atoms with Gasteiger partial charge in [0, 0.05) is 29.8 Å². The molecule has 4 atom stereocenters. The minimum Gasteiger partial charge on any atom is -0.495 e. The van der Waals surface area contributed by atoms with Gasteiger partial charge in [-0.25, -0.2) is 14.2 Å². The molecule has 2 fully saturated rings. The summed E-state index contributed by atoms with van der Waals surface area (Å²) in [6.45, 7) is 5.48. The van der Waals surface area contributed by atoms with Crippen LogP contribution in [0.4, 0.5) is 15.8 Å². The molecule has 1 N–H and O–H groups in total. The zero-order chi connectivity index (χ0) is 34.0. The number of pyridine rings is 1. The number of nitrogens with zero attached hydrogens (tertiary/aromatic N) is 4. The van der Waals surface area contributed by atoms with Crippen molar-refractivity contribution in [1.82, 2.24) is 9.88 Å². The first-order chi connectivity index (χ1) is 22.3. The Morgan fingerprint density at radius 1 is 1.11 bits per heavy atom. The molecule has 248 valence electrons. The fourth-order valence-corrected chi connectivity index (χ4v) is 7.81. The molecule has 3 aliphatic heterocycles. The van der Waals surface area contributed by atoms with E-state index in [1.165, 1.54) is 55.5 Å². The van der Waals surface area contributed by atoms with E-state index in [0.29, 0.717) is 23.4 Å². The predicted octanol–water partition coefficient (Wildman–Crippen LogP) is 4.49. The molecule has 0 saturated carbocycles. The van der Waals surface area contributed by atoms with Crippen molar-refractivity contribution in [3.05, 3.63) is 76.2 Å². The van der Waals surface area contributed by atoms with Gasteiger partial charge in [0.1, 0.15) is 23.7 Å². The zero-order valence-electron chi connectivity index (χ0n) is 26.9. The molecule has 0 radical (unpaired) electrons. The lowest BCUT2D eigenvalue weighted by Gasteiger charge is -2.40. The van der Waals surface area contributed by atoms with E-state index < -0.39 is 53.7 Å². The number of ether oxygens (including phenoxy) is 3. The van der Waals surface area contributed by atoms with Gasteiger partial charge < -0.3 is 19.3 Å². The molecule has 2 aromatic carbocycles. The number of methoxy groups -OCH3 is 3. The van der Waals surface area contributed by atoms with Gasteiger partial charge in [-0.1, -0.05) is 44.5 Å². The van der Waals surface area contributed by atoms with Gasteiger partial charge in [0.25, 0.3) is 0 Å². The Hall–Kier alpha value is -4.26. The molecule has 13 heteroatoms. The van der Waals surface area contributed by atoms with Crippen molar-refractivity contribution in [2.45, 2.75) is 50.6 Å². The summed E-state index contributed by atoms with van der Waals surface area (Å²) in [5.74, 6) is -2.76. The summed E-state index contributed by atoms with van der Waals surface area (Å²) in [5, 5.41) is 10.4. The van der Waals surface area contributed by atoms with Crippen LogP contribution in [0.15, 0.2) is 48.7 Å². The number of aliphatic hydroxyl groups excluding tert-OH is 1. The van der Waals surface area contributed by atoms with E-state index in [1.54, 1.807) is 24.3 Å². The molecule has 3 aromatic rings.